The highest BCUT2D eigenvalue weighted by Crippen LogP contribution is 2.38. The van der Waals surface area contributed by atoms with Crippen LogP contribution in [0.5, 0.6) is 0 Å². The molecule has 1 saturated carbocycles. The van der Waals surface area contributed by atoms with E-state index in [1.165, 1.54) is 90.5 Å². The van der Waals surface area contributed by atoms with Gasteiger partial charge in [-0.2, -0.15) is 0 Å². The van der Waals surface area contributed by atoms with Gasteiger partial charge in [0.1, 0.15) is 0 Å². The highest BCUT2D eigenvalue weighted by Gasteiger charge is 2.34. The van der Waals surface area contributed by atoms with E-state index in [9.17, 15) is 0 Å². The molecule has 0 amide bonds. The minimum atomic E-state index is 0.564. The van der Waals surface area contributed by atoms with Crippen molar-refractivity contribution in [1.82, 2.24) is 10.2 Å². The maximum Gasteiger partial charge on any atom is 0.00501 e. The molecule has 1 saturated heterocycles. The third-order valence-corrected chi connectivity index (χ3v) is 5.83. The SMILES string of the molecule is CCCNCC1(CN2CCCC(C)(C)CC2)CCCCC1. The summed E-state index contributed by atoms with van der Waals surface area (Å²) >= 11 is 0. The second-order valence-electron chi connectivity index (χ2n) is 8.53. The molecule has 0 bridgehead atoms. The third kappa shape index (κ3) is 5.56. The Bertz CT molecular complexity index is 292. The molecule has 0 aromatic rings. The fourth-order valence-corrected chi connectivity index (χ4v) is 4.33. The van der Waals surface area contributed by atoms with Gasteiger partial charge in [-0.3, -0.25) is 0 Å². The molecule has 2 rings (SSSR count). The standard InChI is InChI=1S/C19H38N2/c1-4-13-20-16-19(10-6-5-7-11-19)17-21-14-8-9-18(2,3)12-15-21/h20H,4-17H2,1-3H3. The van der Waals surface area contributed by atoms with Crippen LogP contribution in [-0.2, 0) is 0 Å². The second kappa shape index (κ2) is 7.97. The molecule has 1 aliphatic heterocycles. The van der Waals surface area contributed by atoms with Crippen LogP contribution in [0.1, 0.15) is 78.6 Å². The normalized spacial score (nSPS) is 26.4. The maximum absolute atomic E-state index is 3.74. The molecule has 0 unspecified atom stereocenters. The van der Waals surface area contributed by atoms with E-state index in [4.69, 9.17) is 0 Å². The lowest BCUT2D eigenvalue weighted by atomic mass is 9.73. The molecule has 2 heteroatoms. The minimum absolute atomic E-state index is 0.564. The summed E-state index contributed by atoms with van der Waals surface area (Å²) in [6.07, 6.45) is 12.7. The highest BCUT2D eigenvalue weighted by molar-refractivity contribution is 4.89. The summed E-state index contributed by atoms with van der Waals surface area (Å²) in [6, 6.07) is 0. The van der Waals surface area contributed by atoms with Crippen molar-refractivity contribution in [2.75, 3.05) is 32.7 Å². The number of rotatable bonds is 6. The van der Waals surface area contributed by atoms with Crippen LogP contribution in [0.2, 0.25) is 0 Å². The molecule has 1 aliphatic carbocycles. The van der Waals surface area contributed by atoms with Gasteiger partial charge in [-0.25, -0.2) is 0 Å². The number of nitrogens with zero attached hydrogens (tertiary/aromatic N) is 1. The summed E-state index contributed by atoms with van der Waals surface area (Å²) in [5.74, 6) is 0. The van der Waals surface area contributed by atoms with Crippen molar-refractivity contribution < 1.29 is 0 Å². The van der Waals surface area contributed by atoms with Crippen LogP contribution in [0.4, 0.5) is 0 Å². The Morgan fingerprint density at radius 3 is 2.38 bits per heavy atom. The molecular weight excluding hydrogens is 256 g/mol. The Hall–Kier alpha value is -0.0800. The predicted molar refractivity (Wildman–Crippen MR) is 92.8 cm³/mol. The molecule has 2 nitrogen and oxygen atoms in total. The summed E-state index contributed by atoms with van der Waals surface area (Å²) < 4.78 is 0. The van der Waals surface area contributed by atoms with E-state index in [2.05, 4.69) is 31.0 Å². The topological polar surface area (TPSA) is 15.3 Å². The van der Waals surface area contributed by atoms with Crippen molar-refractivity contribution in [3.05, 3.63) is 0 Å². The summed E-state index contributed by atoms with van der Waals surface area (Å²) in [4.78, 5) is 2.80. The van der Waals surface area contributed by atoms with Crippen LogP contribution in [-0.4, -0.2) is 37.6 Å². The highest BCUT2D eigenvalue weighted by atomic mass is 15.1. The lowest BCUT2D eigenvalue weighted by molar-refractivity contribution is 0.102. The monoisotopic (exact) mass is 294 g/mol. The fourth-order valence-electron chi connectivity index (χ4n) is 4.33. The molecule has 1 N–H and O–H groups in total. The Kier molecular flexibility index (Phi) is 6.55. The first-order valence-corrected chi connectivity index (χ1v) is 9.48. The van der Waals surface area contributed by atoms with Gasteiger partial charge in [-0.15, -0.1) is 0 Å². The summed E-state index contributed by atoms with van der Waals surface area (Å²) in [7, 11) is 0. The number of likely N-dealkylation sites (tertiary alicyclic amines) is 1. The first kappa shape index (κ1) is 17.3. The van der Waals surface area contributed by atoms with Gasteiger partial charge in [-0.05, 0) is 69.0 Å². The van der Waals surface area contributed by atoms with Crippen molar-refractivity contribution in [2.45, 2.75) is 78.6 Å². The van der Waals surface area contributed by atoms with Crippen molar-refractivity contribution in [3.8, 4) is 0 Å². The lowest BCUT2D eigenvalue weighted by Gasteiger charge is -2.41. The van der Waals surface area contributed by atoms with Crippen LogP contribution in [0, 0.1) is 10.8 Å². The number of hydrogen-bond donors (Lipinski definition) is 1. The predicted octanol–water partition coefficient (Wildman–Crippen LogP) is 4.45. The van der Waals surface area contributed by atoms with E-state index < -0.39 is 0 Å². The van der Waals surface area contributed by atoms with Crippen molar-refractivity contribution in [1.29, 1.82) is 0 Å². The van der Waals surface area contributed by atoms with Gasteiger partial charge in [-0.1, -0.05) is 40.0 Å². The van der Waals surface area contributed by atoms with Crippen molar-refractivity contribution >= 4 is 0 Å². The molecule has 0 aromatic carbocycles. The largest absolute Gasteiger partial charge is 0.316 e. The van der Waals surface area contributed by atoms with Crippen LogP contribution in [0.15, 0.2) is 0 Å². The van der Waals surface area contributed by atoms with Gasteiger partial charge in [0, 0.05) is 13.1 Å². The molecule has 124 valence electrons. The van der Waals surface area contributed by atoms with E-state index in [0.717, 1.165) is 0 Å². The van der Waals surface area contributed by atoms with Crippen molar-refractivity contribution in [3.63, 3.8) is 0 Å². The van der Waals surface area contributed by atoms with E-state index in [1.54, 1.807) is 0 Å². The molecular formula is C19H38N2. The van der Waals surface area contributed by atoms with Crippen LogP contribution >= 0.6 is 0 Å². The van der Waals surface area contributed by atoms with Crippen molar-refractivity contribution in [2.24, 2.45) is 10.8 Å². The minimum Gasteiger partial charge on any atom is -0.316 e. The third-order valence-electron chi connectivity index (χ3n) is 5.83. The van der Waals surface area contributed by atoms with Crippen LogP contribution in [0.3, 0.4) is 0 Å². The van der Waals surface area contributed by atoms with E-state index in [1.807, 2.05) is 0 Å². The Morgan fingerprint density at radius 1 is 0.905 bits per heavy atom. The molecule has 2 fully saturated rings. The van der Waals surface area contributed by atoms with E-state index >= 15 is 0 Å². The molecule has 0 atom stereocenters. The lowest BCUT2D eigenvalue weighted by Crippen LogP contribution is -2.46. The molecule has 0 radical (unpaired) electrons. The first-order valence-electron chi connectivity index (χ1n) is 9.48. The van der Waals surface area contributed by atoms with Gasteiger partial charge in [0.05, 0.1) is 0 Å². The smallest absolute Gasteiger partial charge is 0.00501 e. The van der Waals surface area contributed by atoms with E-state index in [-0.39, 0.29) is 0 Å². The summed E-state index contributed by atoms with van der Waals surface area (Å²) in [5.41, 5.74) is 1.14. The number of hydrogen-bond acceptors (Lipinski definition) is 2. The molecule has 1 heterocycles. The first-order chi connectivity index (χ1) is 10.1. The zero-order valence-electron chi connectivity index (χ0n) is 14.8. The second-order valence-corrected chi connectivity index (χ2v) is 8.53. The zero-order chi connectivity index (χ0) is 15.2. The van der Waals surface area contributed by atoms with Gasteiger partial charge in [0.2, 0.25) is 0 Å². The molecule has 21 heavy (non-hydrogen) atoms. The fraction of sp³-hybridized carbons (Fsp3) is 1.00. The maximum atomic E-state index is 3.74. The zero-order valence-corrected chi connectivity index (χ0v) is 14.8. The summed E-state index contributed by atoms with van der Waals surface area (Å²) in [5, 5.41) is 3.74. The van der Waals surface area contributed by atoms with Gasteiger partial charge in [0.15, 0.2) is 0 Å². The van der Waals surface area contributed by atoms with Gasteiger partial charge >= 0.3 is 0 Å². The summed E-state index contributed by atoms with van der Waals surface area (Å²) in [6.45, 7) is 13.6. The Morgan fingerprint density at radius 2 is 1.67 bits per heavy atom. The quantitative estimate of drug-likeness (QED) is 0.728. The van der Waals surface area contributed by atoms with Gasteiger partial charge < -0.3 is 10.2 Å². The Labute approximate surface area is 133 Å². The number of nitrogens with one attached hydrogen (secondary N) is 1. The van der Waals surface area contributed by atoms with Crippen LogP contribution in [0.25, 0.3) is 0 Å². The van der Waals surface area contributed by atoms with Gasteiger partial charge in [0.25, 0.3) is 0 Å². The molecule has 0 spiro atoms. The molecule has 0 aromatic heterocycles. The van der Waals surface area contributed by atoms with E-state index in [0.29, 0.717) is 10.8 Å². The molecule has 2 aliphatic rings. The Balaban J connectivity index is 1.91. The average molecular weight is 295 g/mol. The van der Waals surface area contributed by atoms with Crippen LogP contribution < -0.4 is 5.32 Å². The average Bonchev–Trinajstić information content (AvgIpc) is 2.62.